The van der Waals surface area contributed by atoms with Crippen molar-refractivity contribution in [1.82, 2.24) is 4.98 Å². The normalized spacial score (nSPS) is 10.1. The number of hydrogen-bond donors (Lipinski definition) is 0. The lowest BCUT2D eigenvalue weighted by Gasteiger charge is -2.06. The lowest BCUT2D eigenvalue weighted by Crippen LogP contribution is -1.95. The lowest BCUT2D eigenvalue weighted by atomic mass is 10.1. The van der Waals surface area contributed by atoms with Crippen molar-refractivity contribution in [2.24, 2.45) is 0 Å². The van der Waals surface area contributed by atoms with Gasteiger partial charge in [-0.05, 0) is 12.1 Å². The summed E-state index contributed by atoms with van der Waals surface area (Å²) >= 11 is 11.9. The molecule has 0 fully saturated rings. The highest BCUT2D eigenvalue weighted by atomic mass is 35.5. The van der Waals surface area contributed by atoms with Crippen molar-refractivity contribution in [3.8, 4) is 17.3 Å². The Kier molecular flexibility index (Phi) is 3.81. The van der Waals surface area contributed by atoms with E-state index >= 15 is 0 Å². The van der Waals surface area contributed by atoms with Gasteiger partial charge in [0.1, 0.15) is 0 Å². The molecule has 2 nitrogen and oxygen atoms in total. The summed E-state index contributed by atoms with van der Waals surface area (Å²) in [6.45, 7) is 0. The Hall–Kier alpha value is -1.63. The Morgan fingerprint density at radius 1 is 1.22 bits per heavy atom. The molecule has 0 N–H and O–H groups in total. The van der Waals surface area contributed by atoms with Gasteiger partial charge in [0.05, 0.1) is 28.2 Å². The first-order valence-corrected chi connectivity index (χ1v) is 5.86. The SMILES string of the molecule is N#CCc1ccc(-c2cccc(Cl)c2Cl)nc1F. The maximum absolute atomic E-state index is 13.6. The Morgan fingerprint density at radius 3 is 2.67 bits per heavy atom. The zero-order valence-corrected chi connectivity index (χ0v) is 10.6. The van der Waals surface area contributed by atoms with Crippen molar-refractivity contribution in [3.05, 3.63) is 51.9 Å². The van der Waals surface area contributed by atoms with Gasteiger partial charge in [-0.25, -0.2) is 4.98 Å². The van der Waals surface area contributed by atoms with Gasteiger partial charge < -0.3 is 0 Å². The fourth-order valence-electron chi connectivity index (χ4n) is 1.53. The van der Waals surface area contributed by atoms with E-state index in [-0.39, 0.29) is 12.0 Å². The van der Waals surface area contributed by atoms with E-state index in [9.17, 15) is 4.39 Å². The number of rotatable bonds is 2. The number of pyridine rings is 1. The van der Waals surface area contributed by atoms with Crippen LogP contribution in [0.15, 0.2) is 30.3 Å². The molecule has 0 atom stereocenters. The highest BCUT2D eigenvalue weighted by Crippen LogP contribution is 2.32. The van der Waals surface area contributed by atoms with E-state index in [2.05, 4.69) is 4.98 Å². The molecule has 0 saturated carbocycles. The second-order valence-corrected chi connectivity index (χ2v) is 4.37. The van der Waals surface area contributed by atoms with Crippen LogP contribution in [-0.2, 0) is 6.42 Å². The van der Waals surface area contributed by atoms with Crippen LogP contribution in [0.3, 0.4) is 0 Å². The fourth-order valence-corrected chi connectivity index (χ4v) is 1.93. The summed E-state index contributed by atoms with van der Waals surface area (Å²) in [6.07, 6.45) is -0.0115. The van der Waals surface area contributed by atoms with Gasteiger partial charge in [0.25, 0.3) is 0 Å². The van der Waals surface area contributed by atoms with Crippen LogP contribution in [-0.4, -0.2) is 4.98 Å². The highest BCUT2D eigenvalue weighted by molar-refractivity contribution is 6.43. The third kappa shape index (κ3) is 2.45. The van der Waals surface area contributed by atoms with Gasteiger partial charge in [0.15, 0.2) is 0 Å². The quantitative estimate of drug-likeness (QED) is 0.771. The predicted molar refractivity (Wildman–Crippen MR) is 69.0 cm³/mol. The standard InChI is InChI=1S/C13H7Cl2FN2/c14-10-3-1-2-9(12(10)15)11-5-4-8(6-7-17)13(16)18-11/h1-5H,6H2. The van der Waals surface area contributed by atoms with Crippen LogP contribution >= 0.6 is 23.2 Å². The van der Waals surface area contributed by atoms with Crippen LogP contribution in [0, 0.1) is 17.3 Å². The molecule has 1 aromatic heterocycles. The van der Waals surface area contributed by atoms with E-state index in [0.29, 0.717) is 21.3 Å². The first-order valence-electron chi connectivity index (χ1n) is 5.10. The summed E-state index contributed by atoms with van der Waals surface area (Å²) in [5.74, 6) is -0.662. The number of benzene rings is 1. The van der Waals surface area contributed by atoms with Crippen LogP contribution < -0.4 is 0 Å². The topological polar surface area (TPSA) is 36.7 Å². The molecule has 0 spiro atoms. The Bertz CT molecular complexity index is 635. The molecule has 2 aromatic rings. The number of hydrogen-bond acceptors (Lipinski definition) is 2. The highest BCUT2D eigenvalue weighted by Gasteiger charge is 2.11. The van der Waals surface area contributed by atoms with Gasteiger partial charge in [0.2, 0.25) is 5.95 Å². The van der Waals surface area contributed by atoms with Gasteiger partial charge in [-0.3, -0.25) is 0 Å². The van der Waals surface area contributed by atoms with Crippen molar-refractivity contribution in [2.75, 3.05) is 0 Å². The van der Waals surface area contributed by atoms with Gasteiger partial charge in [-0.2, -0.15) is 9.65 Å². The molecule has 1 heterocycles. The summed E-state index contributed by atoms with van der Waals surface area (Å²) in [5, 5.41) is 9.25. The van der Waals surface area contributed by atoms with Crippen molar-refractivity contribution < 1.29 is 4.39 Å². The maximum Gasteiger partial charge on any atom is 0.217 e. The second-order valence-electron chi connectivity index (χ2n) is 3.58. The van der Waals surface area contributed by atoms with Gasteiger partial charge in [0, 0.05) is 11.1 Å². The summed E-state index contributed by atoms with van der Waals surface area (Å²) in [4.78, 5) is 3.80. The first-order chi connectivity index (χ1) is 8.63. The molecular formula is C13H7Cl2FN2. The predicted octanol–water partition coefficient (Wildman–Crippen LogP) is 4.26. The summed E-state index contributed by atoms with van der Waals surface area (Å²) in [6, 6.07) is 10.1. The van der Waals surface area contributed by atoms with Crippen LogP contribution in [0.1, 0.15) is 5.56 Å². The number of aromatic nitrogens is 1. The van der Waals surface area contributed by atoms with Crippen molar-refractivity contribution >= 4 is 23.2 Å². The molecule has 0 aliphatic rings. The molecule has 1 aromatic carbocycles. The number of nitriles is 1. The summed E-state index contributed by atoms with van der Waals surface area (Å²) in [7, 11) is 0. The second kappa shape index (κ2) is 5.34. The zero-order chi connectivity index (χ0) is 13.1. The molecule has 90 valence electrons. The summed E-state index contributed by atoms with van der Waals surface area (Å²) < 4.78 is 13.6. The first kappa shape index (κ1) is 12.8. The lowest BCUT2D eigenvalue weighted by molar-refractivity contribution is 0.573. The molecule has 0 unspecified atom stereocenters. The van der Waals surface area contributed by atoms with E-state index in [4.69, 9.17) is 28.5 Å². The summed E-state index contributed by atoms with van der Waals surface area (Å²) in [5.41, 5.74) is 1.22. The average Bonchev–Trinajstić information content (AvgIpc) is 2.35. The smallest absolute Gasteiger partial charge is 0.217 e. The molecule has 0 radical (unpaired) electrons. The maximum atomic E-state index is 13.6. The molecule has 5 heteroatoms. The molecule has 0 aliphatic heterocycles. The Labute approximate surface area is 114 Å². The van der Waals surface area contributed by atoms with Gasteiger partial charge >= 0.3 is 0 Å². The zero-order valence-electron chi connectivity index (χ0n) is 9.12. The van der Waals surface area contributed by atoms with Crippen LogP contribution in [0.2, 0.25) is 10.0 Å². The average molecular weight is 281 g/mol. The minimum Gasteiger partial charge on any atom is -0.219 e. The number of halogens is 3. The van der Waals surface area contributed by atoms with Crippen molar-refractivity contribution in [3.63, 3.8) is 0 Å². The van der Waals surface area contributed by atoms with Crippen LogP contribution in [0.4, 0.5) is 4.39 Å². The van der Waals surface area contributed by atoms with E-state index in [1.807, 2.05) is 6.07 Å². The van der Waals surface area contributed by atoms with Gasteiger partial charge in [-0.15, -0.1) is 0 Å². The van der Waals surface area contributed by atoms with Crippen LogP contribution in [0.5, 0.6) is 0 Å². The Morgan fingerprint density at radius 2 is 2.00 bits per heavy atom. The van der Waals surface area contributed by atoms with E-state index in [1.54, 1.807) is 24.3 Å². The fraction of sp³-hybridized carbons (Fsp3) is 0.0769. The minimum atomic E-state index is -0.662. The van der Waals surface area contributed by atoms with Crippen molar-refractivity contribution in [1.29, 1.82) is 5.26 Å². The molecule has 0 saturated heterocycles. The molecule has 0 aliphatic carbocycles. The third-order valence-corrected chi connectivity index (χ3v) is 3.24. The van der Waals surface area contributed by atoms with E-state index in [0.717, 1.165) is 0 Å². The third-order valence-electron chi connectivity index (χ3n) is 2.42. The van der Waals surface area contributed by atoms with Gasteiger partial charge in [-0.1, -0.05) is 41.4 Å². The minimum absolute atomic E-state index is 0.0115. The molecule has 0 amide bonds. The van der Waals surface area contributed by atoms with E-state index in [1.165, 1.54) is 6.07 Å². The Balaban J connectivity index is 2.50. The van der Waals surface area contributed by atoms with Crippen LogP contribution in [0.25, 0.3) is 11.3 Å². The van der Waals surface area contributed by atoms with E-state index < -0.39 is 5.95 Å². The monoisotopic (exact) mass is 280 g/mol. The van der Waals surface area contributed by atoms with Crippen molar-refractivity contribution in [2.45, 2.75) is 6.42 Å². The molecule has 2 rings (SSSR count). The molecular weight excluding hydrogens is 274 g/mol. The molecule has 0 bridgehead atoms. The largest absolute Gasteiger partial charge is 0.219 e. The number of nitrogens with zero attached hydrogens (tertiary/aromatic N) is 2. The molecule has 18 heavy (non-hydrogen) atoms.